The van der Waals surface area contributed by atoms with E-state index in [0.29, 0.717) is 6.54 Å². The maximum atomic E-state index is 12.4. The van der Waals surface area contributed by atoms with Crippen LogP contribution in [0.4, 0.5) is 5.69 Å². The largest absolute Gasteiger partial charge is 0.484 e. The van der Waals surface area contributed by atoms with Crippen molar-refractivity contribution in [3.63, 3.8) is 0 Å². The molecule has 4 nitrogen and oxygen atoms in total. The number of anilines is 1. The normalized spacial score (nSPS) is 14.1. The van der Waals surface area contributed by atoms with Gasteiger partial charge in [-0.1, -0.05) is 31.2 Å². The molecular formula is C23H30N2O2. The third kappa shape index (κ3) is 5.49. The minimum absolute atomic E-state index is 0.0188. The zero-order valence-electron chi connectivity index (χ0n) is 16.5. The lowest BCUT2D eigenvalue weighted by atomic mass is 10.1. The summed E-state index contributed by atoms with van der Waals surface area (Å²) >= 11 is 0. The average molecular weight is 367 g/mol. The van der Waals surface area contributed by atoms with Gasteiger partial charge in [0.25, 0.3) is 5.91 Å². The highest BCUT2D eigenvalue weighted by Crippen LogP contribution is 2.20. The van der Waals surface area contributed by atoms with E-state index in [1.807, 2.05) is 31.3 Å². The third-order valence-electron chi connectivity index (χ3n) is 5.20. The summed E-state index contributed by atoms with van der Waals surface area (Å²) < 4.78 is 5.63. The summed E-state index contributed by atoms with van der Waals surface area (Å²) in [7, 11) is 1.82. The monoisotopic (exact) mass is 366 g/mol. The molecule has 0 N–H and O–H groups in total. The molecule has 1 amide bonds. The molecule has 27 heavy (non-hydrogen) atoms. The van der Waals surface area contributed by atoms with Crippen LogP contribution in [0.1, 0.15) is 37.3 Å². The molecule has 1 fully saturated rings. The molecule has 4 heteroatoms. The van der Waals surface area contributed by atoms with E-state index in [2.05, 4.69) is 36.1 Å². The molecule has 0 aromatic heterocycles. The fourth-order valence-electron chi connectivity index (χ4n) is 3.40. The van der Waals surface area contributed by atoms with Crippen LogP contribution in [0.3, 0.4) is 0 Å². The van der Waals surface area contributed by atoms with Gasteiger partial charge in [0.15, 0.2) is 6.61 Å². The van der Waals surface area contributed by atoms with E-state index in [4.69, 9.17) is 4.74 Å². The number of carbonyl (C=O) groups excluding carboxylic acids is 1. The van der Waals surface area contributed by atoms with Crippen molar-refractivity contribution in [3.8, 4) is 5.75 Å². The van der Waals surface area contributed by atoms with Crippen LogP contribution in [-0.2, 0) is 17.8 Å². The van der Waals surface area contributed by atoms with Crippen LogP contribution in [0.25, 0.3) is 0 Å². The second kappa shape index (κ2) is 9.45. The van der Waals surface area contributed by atoms with E-state index in [9.17, 15) is 4.79 Å². The highest BCUT2D eigenvalue weighted by molar-refractivity contribution is 5.77. The van der Waals surface area contributed by atoms with Gasteiger partial charge in [0.05, 0.1) is 0 Å². The molecule has 2 aromatic carbocycles. The maximum absolute atomic E-state index is 12.4. The standard InChI is InChI=1S/C23H30N2O2/c1-3-19-9-13-22(14-10-19)27-18-23(26)24(2)17-20-7-11-21(12-8-20)25-15-5-4-6-16-25/h7-14H,3-6,15-18H2,1-2H3. The van der Waals surface area contributed by atoms with Gasteiger partial charge in [-0.2, -0.15) is 0 Å². The van der Waals surface area contributed by atoms with Gasteiger partial charge in [-0.15, -0.1) is 0 Å². The average Bonchev–Trinajstić information content (AvgIpc) is 2.73. The third-order valence-corrected chi connectivity index (χ3v) is 5.20. The van der Waals surface area contributed by atoms with Crippen molar-refractivity contribution in [1.29, 1.82) is 0 Å². The van der Waals surface area contributed by atoms with Crippen LogP contribution >= 0.6 is 0 Å². The van der Waals surface area contributed by atoms with Crippen LogP contribution in [0.2, 0.25) is 0 Å². The highest BCUT2D eigenvalue weighted by atomic mass is 16.5. The molecule has 0 atom stereocenters. The van der Waals surface area contributed by atoms with Crippen LogP contribution in [-0.4, -0.2) is 37.6 Å². The number of hydrogen-bond donors (Lipinski definition) is 0. The van der Waals surface area contributed by atoms with Gasteiger partial charge in [0.2, 0.25) is 0 Å². The van der Waals surface area contributed by atoms with Gasteiger partial charge in [-0.05, 0) is 61.1 Å². The molecule has 3 rings (SSSR count). The lowest BCUT2D eigenvalue weighted by Gasteiger charge is -2.29. The molecule has 144 valence electrons. The lowest BCUT2D eigenvalue weighted by molar-refractivity contribution is -0.132. The Morgan fingerprint density at radius 2 is 1.59 bits per heavy atom. The first-order valence-corrected chi connectivity index (χ1v) is 9.95. The Kier molecular flexibility index (Phi) is 6.74. The Balaban J connectivity index is 1.48. The molecule has 0 bridgehead atoms. The molecule has 1 saturated heterocycles. The number of likely N-dealkylation sites (N-methyl/N-ethyl adjacent to an activating group) is 1. The number of nitrogens with zero attached hydrogens (tertiary/aromatic N) is 2. The van der Waals surface area contributed by atoms with E-state index < -0.39 is 0 Å². The van der Waals surface area contributed by atoms with Crippen molar-refractivity contribution in [2.45, 2.75) is 39.2 Å². The predicted molar refractivity (Wildman–Crippen MR) is 110 cm³/mol. The number of amides is 1. The number of carbonyl (C=O) groups is 1. The number of benzene rings is 2. The van der Waals surface area contributed by atoms with Crippen molar-refractivity contribution < 1.29 is 9.53 Å². The fourth-order valence-corrected chi connectivity index (χ4v) is 3.40. The summed E-state index contributed by atoms with van der Waals surface area (Å²) in [6.45, 7) is 5.07. The van der Waals surface area contributed by atoms with Crippen molar-refractivity contribution in [3.05, 3.63) is 59.7 Å². The Morgan fingerprint density at radius 3 is 2.22 bits per heavy atom. The molecule has 0 spiro atoms. The minimum atomic E-state index is -0.0188. The van der Waals surface area contributed by atoms with Crippen molar-refractivity contribution in [2.24, 2.45) is 0 Å². The topological polar surface area (TPSA) is 32.8 Å². The van der Waals surface area contributed by atoms with Gasteiger partial charge in [0, 0.05) is 32.4 Å². The summed E-state index contributed by atoms with van der Waals surface area (Å²) in [6, 6.07) is 16.5. The van der Waals surface area contributed by atoms with Crippen LogP contribution in [0, 0.1) is 0 Å². The van der Waals surface area contributed by atoms with Crippen LogP contribution < -0.4 is 9.64 Å². The van der Waals surface area contributed by atoms with Gasteiger partial charge < -0.3 is 14.5 Å². The summed E-state index contributed by atoms with van der Waals surface area (Å²) in [4.78, 5) is 16.5. The second-order valence-corrected chi connectivity index (χ2v) is 7.25. The van der Waals surface area contributed by atoms with Gasteiger partial charge in [-0.25, -0.2) is 0 Å². The van der Waals surface area contributed by atoms with E-state index in [1.165, 1.54) is 30.5 Å². The lowest BCUT2D eigenvalue weighted by Crippen LogP contribution is -2.31. The number of rotatable bonds is 7. The first kappa shape index (κ1) is 19.3. The summed E-state index contributed by atoms with van der Waals surface area (Å²) in [6.07, 6.45) is 4.89. The molecule has 0 saturated carbocycles. The number of hydrogen-bond acceptors (Lipinski definition) is 3. The smallest absolute Gasteiger partial charge is 0.260 e. The van der Waals surface area contributed by atoms with Crippen molar-refractivity contribution in [1.82, 2.24) is 4.90 Å². The van der Waals surface area contributed by atoms with Gasteiger partial charge in [-0.3, -0.25) is 4.79 Å². The van der Waals surface area contributed by atoms with E-state index in [1.54, 1.807) is 4.90 Å². The fraction of sp³-hybridized carbons (Fsp3) is 0.435. The summed E-state index contributed by atoms with van der Waals surface area (Å²) in [5.41, 5.74) is 3.68. The Morgan fingerprint density at radius 1 is 0.963 bits per heavy atom. The van der Waals surface area contributed by atoms with E-state index in [0.717, 1.165) is 30.8 Å². The molecule has 0 radical (unpaired) electrons. The Hall–Kier alpha value is -2.49. The Labute approximate surface area is 162 Å². The predicted octanol–water partition coefficient (Wildman–Crippen LogP) is 4.28. The molecule has 0 unspecified atom stereocenters. The zero-order valence-corrected chi connectivity index (χ0v) is 16.5. The number of ether oxygens (including phenoxy) is 1. The molecule has 1 heterocycles. The second-order valence-electron chi connectivity index (χ2n) is 7.25. The minimum Gasteiger partial charge on any atom is -0.484 e. The van der Waals surface area contributed by atoms with Gasteiger partial charge >= 0.3 is 0 Å². The first-order valence-electron chi connectivity index (χ1n) is 9.95. The number of piperidine rings is 1. The molecular weight excluding hydrogens is 336 g/mol. The summed E-state index contributed by atoms with van der Waals surface area (Å²) in [5, 5.41) is 0. The molecule has 2 aromatic rings. The van der Waals surface area contributed by atoms with Gasteiger partial charge in [0.1, 0.15) is 5.75 Å². The van der Waals surface area contributed by atoms with Crippen molar-refractivity contribution >= 4 is 11.6 Å². The van der Waals surface area contributed by atoms with E-state index >= 15 is 0 Å². The Bertz CT molecular complexity index is 719. The molecule has 1 aliphatic heterocycles. The number of aryl methyl sites for hydroxylation is 1. The van der Waals surface area contributed by atoms with Crippen LogP contribution in [0.15, 0.2) is 48.5 Å². The van der Waals surface area contributed by atoms with Crippen molar-refractivity contribution in [2.75, 3.05) is 31.6 Å². The maximum Gasteiger partial charge on any atom is 0.260 e. The molecule has 0 aliphatic carbocycles. The van der Waals surface area contributed by atoms with Crippen LogP contribution in [0.5, 0.6) is 5.75 Å². The SMILES string of the molecule is CCc1ccc(OCC(=O)N(C)Cc2ccc(N3CCCCC3)cc2)cc1. The van der Waals surface area contributed by atoms with E-state index in [-0.39, 0.29) is 12.5 Å². The summed E-state index contributed by atoms with van der Waals surface area (Å²) in [5.74, 6) is 0.717. The zero-order chi connectivity index (χ0) is 19.1. The molecule has 1 aliphatic rings. The quantitative estimate of drug-likeness (QED) is 0.733. The highest BCUT2D eigenvalue weighted by Gasteiger charge is 2.13. The first-order chi connectivity index (χ1) is 13.2.